The van der Waals surface area contributed by atoms with Crippen LogP contribution in [0.15, 0.2) is 23.8 Å². The van der Waals surface area contributed by atoms with Crippen LogP contribution < -0.4 is 32.4 Å². The number of allylic oxidation sites excluding steroid dienone is 2. The lowest BCUT2D eigenvalue weighted by Gasteiger charge is -2.31. The molecule has 0 aromatic heterocycles. The number of ether oxygens (including phenoxy) is 2. The smallest absolute Gasteiger partial charge is 0.328 e. The summed E-state index contributed by atoms with van der Waals surface area (Å²) in [7, 11) is 0. The second-order valence-corrected chi connectivity index (χ2v) is 10.8. The topological polar surface area (TPSA) is 208 Å². The average molecular weight is 573 g/mol. The first-order valence-corrected chi connectivity index (χ1v) is 14.2. The van der Waals surface area contributed by atoms with Crippen molar-refractivity contribution in [1.82, 2.24) is 0 Å². The van der Waals surface area contributed by atoms with E-state index in [1.807, 2.05) is 13.0 Å². The molecule has 2 rings (SSSR count). The maximum Gasteiger partial charge on any atom is 0.328 e. The van der Waals surface area contributed by atoms with Gasteiger partial charge in [-0.05, 0) is 70.1 Å². The zero-order valence-electron chi connectivity index (χ0n) is 24.3. The van der Waals surface area contributed by atoms with Crippen LogP contribution in [-0.4, -0.2) is 41.6 Å². The molecule has 11 heteroatoms. The van der Waals surface area contributed by atoms with E-state index in [4.69, 9.17) is 32.4 Å². The fourth-order valence-corrected chi connectivity index (χ4v) is 4.88. The second-order valence-electron chi connectivity index (χ2n) is 10.8. The van der Waals surface area contributed by atoms with Crippen LogP contribution in [-0.2, 0) is 30.4 Å². The molecule has 1 aromatic rings. The van der Waals surface area contributed by atoms with Crippen LogP contribution in [0.1, 0.15) is 95.6 Å². The molecule has 0 aliphatic heterocycles. The zero-order chi connectivity index (χ0) is 30.7. The van der Waals surface area contributed by atoms with Crippen molar-refractivity contribution in [2.45, 2.75) is 103 Å². The van der Waals surface area contributed by atoms with Gasteiger partial charge in [-0.25, -0.2) is 9.59 Å². The van der Waals surface area contributed by atoms with E-state index in [2.05, 4.69) is 6.92 Å². The minimum absolute atomic E-state index is 0.00520. The van der Waals surface area contributed by atoms with Crippen molar-refractivity contribution < 1.29 is 33.4 Å². The molecule has 11 nitrogen and oxygen atoms in total. The summed E-state index contributed by atoms with van der Waals surface area (Å²) >= 11 is 0. The van der Waals surface area contributed by atoms with E-state index in [0.717, 1.165) is 36.8 Å². The predicted octanol–water partition coefficient (Wildman–Crippen LogP) is 2.44. The molecule has 226 valence electrons. The first kappa shape index (κ1) is 33.6. The molecule has 2 amide bonds. The Hall–Kier alpha value is -3.57. The van der Waals surface area contributed by atoms with Gasteiger partial charge in [0.05, 0.1) is 0 Å². The summed E-state index contributed by atoms with van der Waals surface area (Å²) in [5.74, 6) is -3.59. The van der Waals surface area contributed by atoms with Crippen LogP contribution in [0.2, 0.25) is 0 Å². The number of ketones is 1. The first-order valence-electron chi connectivity index (χ1n) is 14.2. The van der Waals surface area contributed by atoms with Gasteiger partial charge in [0.15, 0.2) is 0 Å². The van der Waals surface area contributed by atoms with Gasteiger partial charge in [-0.1, -0.05) is 31.4 Å². The molecule has 1 aliphatic carbocycles. The molecule has 4 atom stereocenters. The molecule has 0 fully saturated rings. The molecule has 0 spiro atoms. The van der Waals surface area contributed by atoms with Crippen LogP contribution in [0.4, 0.5) is 0 Å². The van der Waals surface area contributed by atoms with E-state index in [1.165, 1.54) is 6.92 Å². The fraction of sp³-hybridized carbons (Fsp3) is 0.567. The summed E-state index contributed by atoms with van der Waals surface area (Å²) < 4.78 is 11.6. The van der Waals surface area contributed by atoms with Gasteiger partial charge in [-0.15, -0.1) is 0 Å². The fourth-order valence-electron chi connectivity index (χ4n) is 4.88. The number of carbonyl (C=O) groups is 5. The molecule has 2 unspecified atom stereocenters. The lowest BCUT2D eigenvalue weighted by Crippen LogP contribution is -2.36. The molecular weight excluding hydrogens is 528 g/mol. The number of benzene rings is 1. The van der Waals surface area contributed by atoms with Crippen molar-refractivity contribution in [2.24, 2.45) is 28.9 Å². The lowest BCUT2D eigenvalue weighted by atomic mass is 9.74. The number of unbranched alkanes of at least 4 members (excludes halogenated alkanes) is 2. The number of aryl methyl sites for hydroxylation is 1. The number of hydrogen-bond acceptors (Lipinski definition) is 9. The van der Waals surface area contributed by atoms with Gasteiger partial charge in [0.2, 0.25) is 11.8 Å². The Labute approximate surface area is 241 Å². The van der Waals surface area contributed by atoms with Crippen molar-refractivity contribution >= 4 is 29.5 Å². The van der Waals surface area contributed by atoms with E-state index >= 15 is 0 Å². The first-order chi connectivity index (χ1) is 19.3. The number of hydrogen-bond donors (Lipinski definition) is 4. The Morgan fingerprint density at radius 2 is 1.41 bits per heavy atom. The largest absolute Gasteiger partial charge is 0.425 e. The Kier molecular flexibility index (Phi) is 13.1. The lowest BCUT2D eigenvalue weighted by molar-refractivity contribution is -0.136. The molecule has 1 aromatic carbocycles. The Morgan fingerprint density at radius 3 is 1.85 bits per heavy atom. The summed E-state index contributed by atoms with van der Waals surface area (Å²) in [4.78, 5) is 61.3. The van der Waals surface area contributed by atoms with Crippen molar-refractivity contribution in [2.75, 3.05) is 0 Å². The van der Waals surface area contributed by atoms with E-state index in [9.17, 15) is 24.0 Å². The molecule has 0 heterocycles. The molecule has 0 saturated heterocycles. The highest BCUT2D eigenvalue weighted by molar-refractivity contribution is 5.84. The number of carbonyl (C=O) groups excluding carboxylic acids is 5. The van der Waals surface area contributed by atoms with Crippen LogP contribution in [0.3, 0.4) is 0 Å². The van der Waals surface area contributed by atoms with E-state index < -0.39 is 47.7 Å². The van der Waals surface area contributed by atoms with Crippen LogP contribution in [0.5, 0.6) is 11.5 Å². The number of Topliss-reactive ketones (excluding diaryl/α,β-unsaturated/α-hetero) is 1. The molecule has 0 bridgehead atoms. The third kappa shape index (κ3) is 10.4. The number of rotatable bonds is 16. The van der Waals surface area contributed by atoms with E-state index in [-0.39, 0.29) is 43.0 Å². The van der Waals surface area contributed by atoms with Crippen molar-refractivity contribution in [3.8, 4) is 11.5 Å². The standard InChI is InChI=1S/C30H44N4O7/c1-4-5-6-7-19-15-24(40-29(38)22(31)10-12-26(33)36)28(21-14-17(2)8-9-20(21)18(3)35)25(16-19)41-30(39)23(32)11-13-27(34)37/h14-16,20-23H,4-13,31-32H2,1-3H3,(H2,33,36)(H2,34,37)/t20?,21?,22-,23-/m0/s1. The minimum atomic E-state index is -1.13. The quantitative estimate of drug-likeness (QED) is 0.0991. The number of esters is 2. The molecular formula is C30H44N4O7. The van der Waals surface area contributed by atoms with Crippen LogP contribution in [0, 0.1) is 5.92 Å². The molecule has 0 saturated carbocycles. The molecule has 0 radical (unpaired) electrons. The maximum atomic E-state index is 13.0. The van der Waals surface area contributed by atoms with Gasteiger partial charge in [-0.3, -0.25) is 14.4 Å². The van der Waals surface area contributed by atoms with Crippen molar-refractivity contribution in [1.29, 1.82) is 0 Å². The van der Waals surface area contributed by atoms with Gasteiger partial charge >= 0.3 is 11.9 Å². The highest BCUT2D eigenvalue weighted by atomic mass is 16.5. The number of amides is 2. The summed E-state index contributed by atoms with van der Waals surface area (Å²) in [6.45, 7) is 5.52. The average Bonchev–Trinajstić information content (AvgIpc) is 2.90. The Morgan fingerprint density at radius 1 is 0.902 bits per heavy atom. The third-order valence-corrected chi connectivity index (χ3v) is 7.27. The summed E-state index contributed by atoms with van der Waals surface area (Å²) in [6, 6.07) is 1.17. The highest BCUT2D eigenvalue weighted by Gasteiger charge is 2.35. The normalized spacial score (nSPS) is 18.1. The molecule has 1 aliphatic rings. The summed E-state index contributed by atoms with van der Waals surface area (Å²) in [6.07, 6.45) is 6.41. The van der Waals surface area contributed by atoms with Gasteiger partial charge < -0.3 is 32.4 Å². The van der Waals surface area contributed by atoms with Crippen molar-refractivity contribution in [3.63, 3.8) is 0 Å². The second kappa shape index (κ2) is 16.0. The van der Waals surface area contributed by atoms with Gasteiger partial charge in [-0.2, -0.15) is 0 Å². The van der Waals surface area contributed by atoms with E-state index in [0.29, 0.717) is 18.4 Å². The minimum Gasteiger partial charge on any atom is -0.425 e. The van der Waals surface area contributed by atoms with E-state index in [1.54, 1.807) is 12.1 Å². The Balaban J connectivity index is 2.65. The maximum absolute atomic E-state index is 13.0. The summed E-state index contributed by atoms with van der Waals surface area (Å²) in [5.41, 5.74) is 24.6. The third-order valence-electron chi connectivity index (χ3n) is 7.27. The van der Waals surface area contributed by atoms with Gasteiger partial charge in [0, 0.05) is 30.2 Å². The monoisotopic (exact) mass is 572 g/mol. The summed E-state index contributed by atoms with van der Waals surface area (Å²) in [5, 5.41) is 0. The Bertz CT molecular complexity index is 1100. The number of nitrogens with two attached hydrogens (primary N) is 4. The predicted molar refractivity (Wildman–Crippen MR) is 154 cm³/mol. The van der Waals surface area contributed by atoms with Crippen LogP contribution in [0.25, 0.3) is 0 Å². The van der Waals surface area contributed by atoms with Gasteiger partial charge in [0.25, 0.3) is 0 Å². The molecule has 8 N–H and O–H groups in total. The highest BCUT2D eigenvalue weighted by Crippen LogP contribution is 2.46. The van der Waals surface area contributed by atoms with Crippen LogP contribution >= 0.6 is 0 Å². The number of primary amides is 2. The zero-order valence-corrected chi connectivity index (χ0v) is 24.3. The van der Waals surface area contributed by atoms with Gasteiger partial charge in [0.1, 0.15) is 29.4 Å². The SMILES string of the molecule is CCCCCc1cc(OC(=O)[C@@H](N)CCC(N)=O)c(C2C=C(C)CCC2C(C)=O)c(OC(=O)[C@@H](N)CCC(N)=O)c1. The molecule has 41 heavy (non-hydrogen) atoms. The van der Waals surface area contributed by atoms with Crippen molar-refractivity contribution in [3.05, 3.63) is 34.9 Å².